The molecule has 2 N–H and O–H groups in total. The Morgan fingerprint density at radius 1 is 1.21 bits per heavy atom. The van der Waals surface area contributed by atoms with Crippen LogP contribution >= 0.6 is 0 Å². The third-order valence-electron chi connectivity index (χ3n) is 6.14. The number of Topliss-reactive ketones (excluding diaryl/α,β-unsaturated/α-hetero) is 1. The van der Waals surface area contributed by atoms with Crippen LogP contribution in [0.1, 0.15) is 36.9 Å². The van der Waals surface area contributed by atoms with Crippen molar-refractivity contribution in [3.8, 4) is 17.2 Å². The summed E-state index contributed by atoms with van der Waals surface area (Å²) in [5.41, 5.74) is 1.73. The highest BCUT2D eigenvalue weighted by Gasteiger charge is 2.46. The molecule has 1 amide bonds. The molecule has 2 aromatic rings. The van der Waals surface area contributed by atoms with Crippen molar-refractivity contribution in [1.29, 1.82) is 0 Å². The molecule has 1 saturated heterocycles. The molecule has 8 nitrogen and oxygen atoms in total. The van der Waals surface area contributed by atoms with Crippen LogP contribution in [-0.4, -0.2) is 60.7 Å². The van der Waals surface area contributed by atoms with Crippen LogP contribution in [0, 0.1) is 0 Å². The molecule has 1 atom stereocenters. The van der Waals surface area contributed by atoms with Crippen molar-refractivity contribution in [3.63, 3.8) is 0 Å². The second kappa shape index (κ2) is 9.05. The number of phenolic OH excluding ortho intramolecular Hbond substituents is 1. The zero-order valence-electron chi connectivity index (χ0n) is 19.0. The number of aromatic hydroxyl groups is 1. The number of fused-ring (bicyclic) bond motifs is 1. The molecular formula is C25H28N2O6. The Labute approximate surface area is 192 Å². The van der Waals surface area contributed by atoms with Gasteiger partial charge in [0.1, 0.15) is 18.1 Å². The first kappa shape index (κ1) is 22.5. The number of hydrogen-bond acceptors (Lipinski definition) is 7. The minimum atomic E-state index is -0.821. The molecule has 2 aliphatic rings. The highest BCUT2D eigenvalue weighted by atomic mass is 16.5. The Hall–Kier alpha value is -3.68. The quantitative estimate of drug-likeness (QED) is 0.393. The number of rotatable bonds is 6. The van der Waals surface area contributed by atoms with E-state index >= 15 is 0 Å². The van der Waals surface area contributed by atoms with E-state index in [0.29, 0.717) is 43.0 Å². The first-order valence-corrected chi connectivity index (χ1v) is 11.0. The number of benzene rings is 2. The van der Waals surface area contributed by atoms with Crippen molar-refractivity contribution in [3.05, 3.63) is 53.1 Å². The number of ketones is 1. The zero-order chi connectivity index (χ0) is 23.7. The largest absolute Gasteiger partial charge is 0.507 e. The summed E-state index contributed by atoms with van der Waals surface area (Å²) in [6.45, 7) is 3.62. The van der Waals surface area contributed by atoms with Crippen molar-refractivity contribution < 1.29 is 29.3 Å². The number of methoxy groups -OCH3 is 1. The van der Waals surface area contributed by atoms with Gasteiger partial charge in [-0.1, -0.05) is 19.4 Å². The Morgan fingerprint density at radius 3 is 2.70 bits per heavy atom. The van der Waals surface area contributed by atoms with Crippen molar-refractivity contribution in [1.82, 2.24) is 4.90 Å². The number of carbonyl (C=O) groups is 2. The summed E-state index contributed by atoms with van der Waals surface area (Å²) in [6.07, 6.45) is 1.54. The average molecular weight is 453 g/mol. The monoisotopic (exact) mass is 452 g/mol. The van der Waals surface area contributed by atoms with E-state index in [1.54, 1.807) is 30.3 Å². The Kier molecular flexibility index (Phi) is 6.18. The number of amides is 1. The van der Waals surface area contributed by atoms with Crippen molar-refractivity contribution in [2.75, 3.05) is 38.8 Å². The predicted molar refractivity (Wildman–Crippen MR) is 124 cm³/mol. The number of nitrogens with zero attached hydrogens (tertiary/aromatic N) is 2. The van der Waals surface area contributed by atoms with Gasteiger partial charge in [-0.05, 0) is 42.3 Å². The first-order valence-electron chi connectivity index (χ1n) is 11.0. The van der Waals surface area contributed by atoms with Crippen LogP contribution in [0.15, 0.2) is 42.0 Å². The van der Waals surface area contributed by atoms with Crippen molar-refractivity contribution >= 4 is 23.1 Å². The Balaban J connectivity index is 1.85. The zero-order valence-corrected chi connectivity index (χ0v) is 19.0. The number of aliphatic hydroxyl groups excluding tert-OH is 1. The smallest absolute Gasteiger partial charge is 0.295 e. The molecule has 0 bridgehead atoms. The number of ether oxygens (including phenoxy) is 2. The SMILES string of the molecule is CCCCN1C(=O)C(=O)/C(=C(\O)c2ccc3c(c2)N(C)CCO3)C1c1ccc(OC)c(O)c1. The topological polar surface area (TPSA) is 99.5 Å². The van der Waals surface area contributed by atoms with Gasteiger partial charge in [-0.2, -0.15) is 0 Å². The standard InChI is InChI=1S/C25H28N2O6/c1-4-5-10-27-22(15-6-9-20(32-3)18(28)14-15)21(24(30)25(27)31)23(29)16-7-8-19-17(13-16)26(2)11-12-33-19/h6-9,13-14,22,28-29H,4-5,10-12H2,1-3H3/b23-21-. The minimum Gasteiger partial charge on any atom is -0.507 e. The molecule has 0 aromatic heterocycles. The summed E-state index contributed by atoms with van der Waals surface area (Å²) >= 11 is 0. The number of anilines is 1. The molecule has 2 aromatic carbocycles. The number of hydrogen-bond donors (Lipinski definition) is 2. The summed E-state index contributed by atoms with van der Waals surface area (Å²) in [4.78, 5) is 29.5. The molecule has 2 aliphatic heterocycles. The number of unbranched alkanes of at least 4 members (excludes halogenated alkanes) is 1. The van der Waals surface area contributed by atoms with Gasteiger partial charge < -0.3 is 29.5 Å². The molecule has 0 aliphatic carbocycles. The van der Waals surface area contributed by atoms with Gasteiger partial charge in [-0.25, -0.2) is 0 Å². The molecule has 174 valence electrons. The van der Waals surface area contributed by atoms with Gasteiger partial charge in [0.05, 0.1) is 31.0 Å². The van der Waals surface area contributed by atoms with Crippen molar-refractivity contribution in [2.45, 2.75) is 25.8 Å². The number of carbonyl (C=O) groups excluding carboxylic acids is 2. The molecule has 8 heteroatoms. The van der Waals surface area contributed by atoms with Crippen LogP contribution in [0.4, 0.5) is 5.69 Å². The summed E-state index contributed by atoms with van der Waals surface area (Å²) in [5, 5.41) is 21.6. The third-order valence-corrected chi connectivity index (χ3v) is 6.14. The molecule has 2 heterocycles. The van der Waals surface area contributed by atoms with Gasteiger partial charge in [0.25, 0.3) is 11.7 Å². The maximum Gasteiger partial charge on any atom is 0.295 e. The lowest BCUT2D eigenvalue weighted by Gasteiger charge is -2.28. The van der Waals surface area contributed by atoms with E-state index in [1.807, 2.05) is 18.9 Å². The molecule has 1 fully saturated rings. The van der Waals surface area contributed by atoms with Gasteiger partial charge in [0.2, 0.25) is 0 Å². The van der Waals surface area contributed by atoms with Gasteiger partial charge >= 0.3 is 0 Å². The number of phenols is 1. The molecular weight excluding hydrogens is 424 g/mol. The van der Waals surface area contributed by atoms with E-state index < -0.39 is 17.7 Å². The predicted octanol–water partition coefficient (Wildman–Crippen LogP) is 3.45. The molecule has 0 spiro atoms. The number of likely N-dealkylation sites (tertiary alicyclic amines) is 1. The molecule has 33 heavy (non-hydrogen) atoms. The lowest BCUT2D eigenvalue weighted by molar-refractivity contribution is -0.139. The fraction of sp³-hybridized carbons (Fsp3) is 0.360. The molecule has 4 rings (SSSR count). The minimum absolute atomic E-state index is 0.000000709. The fourth-order valence-electron chi connectivity index (χ4n) is 4.32. The number of aliphatic hydroxyl groups is 1. The maximum absolute atomic E-state index is 13.1. The second-order valence-corrected chi connectivity index (χ2v) is 8.23. The highest BCUT2D eigenvalue weighted by molar-refractivity contribution is 6.46. The lowest BCUT2D eigenvalue weighted by atomic mass is 9.94. The van der Waals surface area contributed by atoms with Crippen LogP contribution in [-0.2, 0) is 9.59 Å². The Bertz CT molecular complexity index is 1130. The Morgan fingerprint density at radius 2 is 2.00 bits per heavy atom. The van der Waals surface area contributed by atoms with Crippen LogP contribution in [0.5, 0.6) is 17.2 Å². The maximum atomic E-state index is 13.1. The van der Waals surface area contributed by atoms with Crippen molar-refractivity contribution in [2.24, 2.45) is 0 Å². The summed E-state index contributed by atoms with van der Waals surface area (Å²) in [6, 6.07) is 9.10. The van der Waals surface area contributed by atoms with E-state index in [9.17, 15) is 19.8 Å². The van der Waals surface area contributed by atoms with Gasteiger partial charge in [0, 0.05) is 19.2 Å². The van der Waals surface area contributed by atoms with Gasteiger partial charge in [0.15, 0.2) is 11.5 Å². The van der Waals surface area contributed by atoms with Gasteiger partial charge in [-0.15, -0.1) is 0 Å². The first-order chi connectivity index (χ1) is 15.9. The van der Waals surface area contributed by atoms with E-state index in [2.05, 4.69) is 0 Å². The fourth-order valence-corrected chi connectivity index (χ4v) is 4.32. The van der Waals surface area contributed by atoms with Crippen LogP contribution in [0.3, 0.4) is 0 Å². The average Bonchev–Trinajstić information content (AvgIpc) is 3.07. The molecule has 0 radical (unpaired) electrons. The second-order valence-electron chi connectivity index (χ2n) is 8.23. The normalized spacial score (nSPS) is 19.4. The summed E-state index contributed by atoms with van der Waals surface area (Å²) < 4.78 is 10.8. The summed E-state index contributed by atoms with van der Waals surface area (Å²) in [5.74, 6) is -0.796. The van der Waals surface area contributed by atoms with E-state index in [-0.39, 0.29) is 22.8 Å². The van der Waals surface area contributed by atoms with Crippen LogP contribution in [0.2, 0.25) is 0 Å². The molecule has 0 saturated carbocycles. The van der Waals surface area contributed by atoms with Gasteiger partial charge in [-0.3, -0.25) is 9.59 Å². The number of likely N-dealkylation sites (N-methyl/N-ethyl adjacent to an activating group) is 1. The van der Waals surface area contributed by atoms with E-state index in [1.165, 1.54) is 18.1 Å². The highest BCUT2D eigenvalue weighted by Crippen LogP contribution is 2.43. The molecule has 1 unspecified atom stereocenters. The van der Waals surface area contributed by atoms with E-state index in [4.69, 9.17) is 9.47 Å². The van der Waals surface area contributed by atoms with Crippen LogP contribution in [0.25, 0.3) is 5.76 Å². The summed E-state index contributed by atoms with van der Waals surface area (Å²) in [7, 11) is 3.37. The van der Waals surface area contributed by atoms with Crippen LogP contribution < -0.4 is 14.4 Å². The lowest BCUT2D eigenvalue weighted by Crippen LogP contribution is -2.30. The van der Waals surface area contributed by atoms with E-state index in [0.717, 1.165) is 12.1 Å². The third kappa shape index (κ3) is 3.97.